The second-order valence-electron chi connectivity index (χ2n) is 4.58. The zero-order chi connectivity index (χ0) is 15.4. The molecular weight excluding hydrogens is 295 g/mol. The fraction of sp³-hybridized carbons (Fsp3) is 0.200. The SMILES string of the molecule is CCC(Nc1cc([N+](=O)[O-])ccc1F)c1cccc(Cl)c1. The summed E-state index contributed by atoms with van der Waals surface area (Å²) in [6, 6.07) is 10.5. The molecule has 2 aromatic rings. The first-order valence-electron chi connectivity index (χ1n) is 6.47. The third-order valence-electron chi connectivity index (χ3n) is 3.15. The quantitative estimate of drug-likeness (QED) is 0.628. The first-order chi connectivity index (χ1) is 10.0. The van der Waals surface area contributed by atoms with E-state index in [0.717, 1.165) is 17.7 Å². The first kappa shape index (κ1) is 15.3. The molecule has 0 aliphatic carbocycles. The van der Waals surface area contributed by atoms with Crippen LogP contribution >= 0.6 is 11.6 Å². The van der Waals surface area contributed by atoms with Crippen LogP contribution < -0.4 is 5.32 Å². The Morgan fingerprint density at radius 2 is 2.10 bits per heavy atom. The van der Waals surface area contributed by atoms with Gasteiger partial charge < -0.3 is 5.32 Å². The molecule has 2 rings (SSSR count). The highest BCUT2D eigenvalue weighted by molar-refractivity contribution is 6.30. The van der Waals surface area contributed by atoms with Gasteiger partial charge in [0.1, 0.15) is 5.82 Å². The monoisotopic (exact) mass is 308 g/mol. The predicted molar refractivity (Wildman–Crippen MR) is 81.2 cm³/mol. The summed E-state index contributed by atoms with van der Waals surface area (Å²) in [5, 5.41) is 14.4. The summed E-state index contributed by atoms with van der Waals surface area (Å²) in [5.74, 6) is -0.527. The Hall–Kier alpha value is -2.14. The van der Waals surface area contributed by atoms with Crippen molar-refractivity contribution in [3.8, 4) is 0 Å². The zero-order valence-corrected chi connectivity index (χ0v) is 12.1. The van der Waals surface area contributed by atoms with Crippen LogP contribution in [0.5, 0.6) is 0 Å². The van der Waals surface area contributed by atoms with Crippen molar-refractivity contribution < 1.29 is 9.31 Å². The Bertz CT molecular complexity index is 664. The molecule has 1 N–H and O–H groups in total. The summed E-state index contributed by atoms with van der Waals surface area (Å²) in [6.07, 6.45) is 0.683. The van der Waals surface area contributed by atoms with E-state index < -0.39 is 10.7 Å². The van der Waals surface area contributed by atoms with Gasteiger partial charge in [-0.3, -0.25) is 10.1 Å². The molecule has 1 atom stereocenters. The third-order valence-corrected chi connectivity index (χ3v) is 3.38. The van der Waals surface area contributed by atoms with Gasteiger partial charge in [0.15, 0.2) is 0 Å². The minimum atomic E-state index is -0.551. The van der Waals surface area contributed by atoms with E-state index in [2.05, 4.69) is 5.32 Å². The lowest BCUT2D eigenvalue weighted by molar-refractivity contribution is -0.384. The number of nitrogens with zero attached hydrogens (tertiary/aromatic N) is 1. The maximum absolute atomic E-state index is 13.8. The van der Waals surface area contributed by atoms with Crippen LogP contribution in [0.4, 0.5) is 15.8 Å². The van der Waals surface area contributed by atoms with Gasteiger partial charge in [-0.1, -0.05) is 30.7 Å². The summed E-state index contributed by atoms with van der Waals surface area (Å²) < 4.78 is 13.8. The first-order valence-corrected chi connectivity index (χ1v) is 6.85. The number of hydrogen-bond acceptors (Lipinski definition) is 3. The molecule has 0 radical (unpaired) electrons. The van der Waals surface area contributed by atoms with E-state index in [1.807, 2.05) is 19.1 Å². The van der Waals surface area contributed by atoms with Crippen molar-refractivity contribution in [3.63, 3.8) is 0 Å². The number of hydrogen-bond donors (Lipinski definition) is 1. The topological polar surface area (TPSA) is 55.2 Å². The van der Waals surface area contributed by atoms with Crippen LogP contribution in [-0.4, -0.2) is 4.92 Å². The highest BCUT2D eigenvalue weighted by Crippen LogP contribution is 2.28. The van der Waals surface area contributed by atoms with Crippen LogP contribution in [0.25, 0.3) is 0 Å². The van der Waals surface area contributed by atoms with E-state index >= 15 is 0 Å². The van der Waals surface area contributed by atoms with Crippen LogP contribution in [0.3, 0.4) is 0 Å². The molecule has 4 nitrogen and oxygen atoms in total. The van der Waals surface area contributed by atoms with Gasteiger partial charge in [0.05, 0.1) is 16.7 Å². The van der Waals surface area contributed by atoms with Crippen LogP contribution in [0.15, 0.2) is 42.5 Å². The van der Waals surface area contributed by atoms with Crippen LogP contribution in [0.1, 0.15) is 24.9 Å². The lowest BCUT2D eigenvalue weighted by Crippen LogP contribution is -2.11. The van der Waals surface area contributed by atoms with E-state index in [0.29, 0.717) is 11.4 Å². The minimum absolute atomic E-state index is 0.107. The van der Waals surface area contributed by atoms with Crippen LogP contribution in [0, 0.1) is 15.9 Å². The Kier molecular flexibility index (Phi) is 4.75. The highest BCUT2D eigenvalue weighted by Gasteiger charge is 2.15. The molecule has 0 spiro atoms. The maximum atomic E-state index is 13.8. The normalized spacial score (nSPS) is 12.0. The van der Waals surface area contributed by atoms with Gasteiger partial charge in [-0.05, 0) is 30.2 Å². The number of nitro benzene ring substituents is 1. The van der Waals surface area contributed by atoms with Crippen molar-refractivity contribution in [3.05, 3.63) is 69.0 Å². The predicted octanol–water partition coefficient (Wildman–Crippen LogP) is 4.95. The van der Waals surface area contributed by atoms with E-state index in [9.17, 15) is 14.5 Å². The molecule has 0 aromatic heterocycles. The fourth-order valence-electron chi connectivity index (χ4n) is 2.07. The Labute approximate surface area is 126 Å². The molecule has 0 saturated carbocycles. The molecule has 6 heteroatoms. The maximum Gasteiger partial charge on any atom is 0.271 e. The van der Waals surface area contributed by atoms with Gasteiger partial charge in [-0.15, -0.1) is 0 Å². The summed E-state index contributed by atoms with van der Waals surface area (Å²) in [6.45, 7) is 1.94. The van der Waals surface area contributed by atoms with E-state index in [1.165, 1.54) is 6.07 Å². The lowest BCUT2D eigenvalue weighted by Gasteiger charge is -2.19. The molecule has 21 heavy (non-hydrogen) atoms. The minimum Gasteiger partial charge on any atom is -0.376 e. The Morgan fingerprint density at radius 3 is 2.71 bits per heavy atom. The number of rotatable bonds is 5. The standard InChI is InChI=1S/C15H14ClFN2O2/c1-2-14(10-4-3-5-11(16)8-10)18-15-9-12(19(20)21)6-7-13(15)17/h3-9,14,18H,2H2,1H3. The number of nitrogens with one attached hydrogen (secondary N) is 1. The second-order valence-corrected chi connectivity index (χ2v) is 5.02. The number of anilines is 1. The van der Waals surface area contributed by atoms with Crippen molar-refractivity contribution in [2.24, 2.45) is 0 Å². The van der Waals surface area contributed by atoms with Crippen molar-refractivity contribution >= 4 is 23.0 Å². The van der Waals surface area contributed by atoms with Gasteiger partial charge in [-0.25, -0.2) is 4.39 Å². The number of halogens is 2. The average molecular weight is 309 g/mol. The van der Waals surface area contributed by atoms with Gasteiger partial charge in [0.25, 0.3) is 5.69 Å². The van der Waals surface area contributed by atoms with E-state index in [1.54, 1.807) is 12.1 Å². The summed E-state index contributed by atoms with van der Waals surface area (Å²) >= 11 is 5.96. The molecule has 110 valence electrons. The second kappa shape index (κ2) is 6.54. The smallest absolute Gasteiger partial charge is 0.271 e. The van der Waals surface area contributed by atoms with E-state index in [-0.39, 0.29) is 17.4 Å². The zero-order valence-electron chi connectivity index (χ0n) is 11.3. The number of non-ortho nitro benzene ring substituents is 1. The number of nitro groups is 1. The molecule has 0 saturated heterocycles. The Balaban J connectivity index is 2.30. The molecule has 0 amide bonds. The van der Waals surface area contributed by atoms with Crippen LogP contribution in [-0.2, 0) is 0 Å². The third kappa shape index (κ3) is 3.70. The van der Waals surface area contributed by atoms with Gasteiger partial charge in [0.2, 0.25) is 0 Å². The Morgan fingerprint density at radius 1 is 1.33 bits per heavy atom. The lowest BCUT2D eigenvalue weighted by atomic mass is 10.0. The van der Waals surface area contributed by atoms with Crippen molar-refractivity contribution in [2.75, 3.05) is 5.32 Å². The summed E-state index contributed by atoms with van der Waals surface area (Å²) in [4.78, 5) is 10.2. The van der Waals surface area contributed by atoms with Gasteiger partial charge >= 0.3 is 0 Å². The largest absolute Gasteiger partial charge is 0.376 e. The fourth-order valence-corrected chi connectivity index (χ4v) is 2.27. The van der Waals surface area contributed by atoms with Crippen molar-refractivity contribution in [2.45, 2.75) is 19.4 Å². The number of benzene rings is 2. The van der Waals surface area contributed by atoms with Gasteiger partial charge in [-0.2, -0.15) is 0 Å². The molecular formula is C15H14ClFN2O2. The van der Waals surface area contributed by atoms with E-state index in [4.69, 9.17) is 11.6 Å². The molecule has 0 bridgehead atoms. The van der Waals surface area contributed by atoms with Crippen molar-refractivity contribution in [1.29, 1.82) is 0 Å². The molecule has 0 aliphatic heterocycles. The van der Waals surface area contributed by atoms with Crippen LogP contribution in [0.2, 0.25) is 5.02 Å². The average Bonchev–Trinajstić information content (AvgIpc) is 2.46. The van der Waals surface area contributed by atoms with Gasteiger partial charge in [0, 0.05) is 17.2 Å². The summed E-state index contributed by atoms with van der Waals surface area (Å²) in [5.41, 5.74) is 0.853. The summed E-state index contributed by atoms with van der Waals surface area (Å²) in [7, 11) is 0. The molecule has 0 fully saturated rings. The molecule has 1 unspecified atom stereocenters. The molecule has 2 aromatic carbocycles. The van der Waals surface area contributed by atoms with Crippen molar-refractivity contribution in [1.82, 2.24) is 0 Å². The molecule has 0 heterocycles. The molecule has 0 aliphatic rings. The highest BCUT2D eigenvalue weighted by atomic mass is 35.5.